The zero-order valence-corrected chi connectivity index (χ0v) is 11.5. The lowest BCUT2D eigenvalue weighted by Gasteiger charge is -2.36. The van der Waals surface area contributed by atoms with Gasteiger partial charge in [0.05, 0.1) is 18.8 Å². The van der Waals surface area contributed by atoms with Gasteiger partial charge in [-0.15, -0.1) is 0 Å². The van der Waals surface area contributed by atoms with Crippen LogP contribution in [0.15, 0.2) is 23.3 Å². The van der Waals surface area contributed by atoms with Gasteiger partial charge in [-0.05, 0) is 50.5 Å². The van der Waals surface area contributed by atoms with E-state index in [0.717, 1.165) is 36.8 Å². The molecular formula is C15H26O3. The van der Waals surface area contributed by atoms with Gasteiger partial charge in [0.2, 0.25) is 0 Å². The topological polar surface area (TPSA) is 60.7 Å². The van der Waals surface area contributed by atoms with Gasteiger partial charge in [0.1, 0.15) is 0 Å². The minimum absolute atomic E-state index is 0.112. The van der Waals surface area contributed by atoms with E-state index in [9.17, 15) is 5.11 Å². The van der Waals surface area contributed by atoms with Gasteiger partial charge < -0.3 is 15.3 Å². The van der Waals surface area contributed by atoms with Crippen molar-refractivity contribution in [1.29, 1.82) is 0 Å². The fourth-order valence-electron chi connectivity index (χ4n) is 2.41. The van der Waals surface area contributed by atoms with E-state index in [1.165, 1.54) is 0 Å². The van der Waals surface area contributed by atoms with Crippen LogP contribution in [0.2, 0.25) is 0 Å². The maximum absolute atomic E-state index is 10.6. The SMILES string of the molecule is CC(=CCC[C@H](C)[C@@]1(O)CC=C(CO)CC1)CO. The first kappa shape index (κ1) is 15.4. The molecule has 0 aliphatic heterocycles. The third-order valence-corrected chi connectivity index (χ3v) is 4.09. The zero-order chi connectivity index (χ0) is 13.6. The van der Waals surface area contributed by atoms with Crippen molar-refractivity contribution in [2.24, 2.45) is 5.92 Å². The number of allylic oxidation sites excluding steroid dienone is 1. The molecule has 1 rings (SSSR count). The van der Waals surface area contributed by atoms with Gasteiger partial charge in [0, 0.05) is 0 Å². The lowest BCUT2D eigenvalue weighted by atomic mass is 9.75. The average molecular weight is 254 g/mol. The maximum atomic E-state index is 10.6. The first-order valence-electron chi connectivity index (χ1n) is 6.79. The maximum Gasteiger partial charge on any atom is 0.0710 e. The van der Waals surface area contributed by atoms with Crippen molar-refractivity contribution >= 4 is 0 Å². The standard InChI is InChI=1S/C15H26O3/c1-12(10-16)4-3-5-13(2)15(18)8-6-14(11-17)7-9-15/h4,6,13,16-18H,3,5,7-11H2,1-2H3/t13-,15+/m0/s1. The van der Waals surface area contributed by atoms with E-state index < -0.39 is 5.60 Å². The van der Waals surface area contributed by atoms with Crippen LogP contribution in [-0.2, 0) is 0 Å². The van der Waals surface area contributed by atoms with Crippen molar-refractivity contribution in [2.45, 2.75) is 51.6 Å². The molecule has 0 aromatic heterocycles. The average Bonchev–Trinajstić information content (AvgIpc) is 2.39. The normalized spacial score (nSPS) is 26.9. The summed E-state index contributed by atoms with van der Waals surface area (Å²) in [4.78, 5) is 0. The molecule has 18 heavy (non-hydrogen) atoms. The fourth-order valence-corrected chi connectivity index (χ4v) is 2.41. The van der Waals surface area contributed by atoms with Crippen LogP contribution >= 0.6 is 0 Å². The Labute approximate surface area is 110 Å². The van der Waals surface area contributed by atoms with Crippen LogP contribution in [0.3, 0.4) is 0 Å². The summed E-state index contributed by atoms with van der Waals surface area (Å²) in [7, 11) is 0. The lowest BCUT2D eigenvalue weighted by molar-refractivity contribution is -0.0243. The Morgan fingerprint density at radius 3 is 2.72 bits per heavy atom. The molecule has 0 radical (unpaired) electrons. The Balaban J connectivity index is 2.46. The zero-order valence-electron chi connectivity index (χ0n) is 11.5. The predicted octanol–water partition coefficient (Wildman–Crippen LogP) is 2.18. The molecule has 1 aliphatic carbocycles. The smallest absolute Gasteiger partial charge is 0.0710 e. The van der Waals surface area contributed by atoms with Gasteiger partial charge in [-0.25, -0.2) is 0 Å². The first-order valence-corrected chi connectivity index (χ1v) is 6.79. The number of hydrogen-bond acceptors (Lipinski definition) is 3. The second-order valence-corrected chi connectivity index (χ2v) is 5.52. The second kappa shape index (κ2) is 7.07. The Bertz CT molecular complexity index is 320. The Morgan fingerprint density at radius 2 is 2.22 bits per heavy atom. The summed E-state index contributed by atoms with van der Waals surface area (Å²) < 4.78 is 0. The molecule has 0 bridgehead atoms. The summed E-state index contributed by atoms with van der Waals surface area (Å²) in [6, 6.07) is 0. The highest BCUT2D eigenvalue weighted by Crippen LogP contribution is 2.35. The summed E-state index contributed by atoms with van der Waals surface area (Å²) >= 11 is 0. The number of aliphatic hydroxyl groups excluding tert-OH is 2. The molecule has 3 N–H and O–H groups in total. The summed E-state index contributed by atoms with van der Waals surface area (Å²) in [6.45, 7) is 4.22. The highest BCUT2D eigenvalue weighted by atomic mass is 16.3. The molecule has 3 nitrogen and oxygen atoms in total. The molecule has 0 aromatic rings. The number of aliphatic hydroxyl groups is 3. The molecule has 104 valence electrons. The number of hydrogen-bond donors (Lipinski definition) is 3. The van der Waals surface area contributed by atoms with Crippen molar-refractivity contribution in [1.82, 2.24) is 0 Å². The van der Waals surface area contributed by atoms with E-state index in [-0.39, 0.29) is 19.1 Å². The second-order valence-electron chi connectivity index (χ2n) is 5.52. The quantitative estimate of drug-likeness (QED) is 0.637. The molecule has 0 unspecified atom stereocenters. The van der Waals surface area contributed by atoms with Crippen molar-refractivity contribution in [3.8, 4) is 0 Å². The summed E-state index contributed by atoms with van der Waals surface area (Å²) in [6.07, 6.45) is 8.02. The Hall–Kier alpha value is -0.640. The molecule has 3 heteroatoms. The molecule has 0 spiro atoms. The predicted molar refractivity (Wildman–Crippen MR) is 73.2 cm³/mol. The van der Waals surface area contributed by atoms with E-state index in [0.29, 0.717) is 6.42 Å². The molecule has 0 fully saturated rings. The molecule has 2 atom stereocenters. The molecule has 0 amide bonds. The largest absolute Gasteiger partial charge is 0.392 e. The summed E-state index contributed by atoms with van der Waals surface area (Å²) in [5.74, 6) is 0.233. The minimum atomic E-state index is -0.625. The van der Waals surface area contributed by atoms with Gasteiger partial charge in [0.15, 0.2) is 0 Å². The van der Waals surface area contributed by atoms with Gasteiger partial charge in [0.25, 0.3) is 0 Å². The highest BCUT2D eigenvalue weighted by Gasteiger charge is 2.34. The van der Waals surface area contributed by atoms with Crippen LogP contribution < -0.4 is 0 Å². The Morgan fingerprint density at radius 1 is 1.50 bits per heavy atom. The van der Waals surface area contributed by atoms with Crippen LogP contribution in [0.4, 0.5) is 0 Å². The van der Waals surface area contributed by atoms with Crippen molar-refractivity contribution in [3.05, 3.63) is 23.3 Å². The molecule has 0 saturated carbocycles. The molecule has 0 saturated heterocycles. The van der Waals surface area contributed by atoms with E-state index in [2.05, 4.69) is 6.92 Å². The summed E-state index contributed by atoms with van der Waals surface area (Å²) in [5, 5.41) is 28.5. The van der Waals surface area contributed by atoms with Crippen molar-refractivity contribution < 1.29 is 15.3 Å². The molecular weight excluding hydrogens is 228 g/mol. The Kier molecular flexibility index (Phi) is 6.06. The fraction of sp³-hybridized carbons (Fsp3) is 0.733. The van der Waals surface area contributed by atoms with Crippen LogP contribution in [0.5, 0.6) is 0 Å². The van der Waals surface area contributed by atoms with Crippen molar-refractivity contribution in [3.63, 3.8) is 0 Å². The monoisotopic (exact) mass is 254 g/mol. The number of rotatable bonds is 6. The van der Waals surface area contributed by atoms with E-state index >= 15 is 0 Å². The van der Waals surface area contributed by atoms with Crippen LogP contribution in [0.25, 0.3) is 0 Å². The third kappa shape index (κ3) is 4.23. The van der Waals surface area contributed by atoms with Gasteiger partial charge in [-0.2, -0.15) is 0 Å². The van der Waals surface area contributed by atoms with Gasteiger partial charge in [-0.1, -0.05) is 24.6 Å². The van der Waals surface area contributed by atoms with E-state index in [4.69, 9.17) is 10.2 Å². The molecule has 0 heterocycles. The first-order chi connectivity index (χ1) is 8.51. The lowest BCUT2D eigenvalue weighted by Crippen LogP contribution is -2.38. The highest BCUT2D eigenvalue weighted by molar-refractivity contribution is 5.11. The van der Waals surface area contributed by atoms with Gasteiger partial charge >= 0.3 is 0 Å². The molecule has 0 aromatic carbocycles. The van der Waals surface area contributed by atoms with E-state index in [1.807, 2.05) is 19.1 Å². The van der Waals surface area contributed by atoms with Crippen LogP contribution in [-0.4, -0.2) is 34.1 Å². The van der Waals surface area contributed by atoms with Gasteiger partial charge in [-0.3, -0.25) is 0 Å². The third-order valence-electron chi connectivity index (χ3n) is 4.09. The van der Waals surface area contributed by atoms with Crippen LogP contribution in [0, 0.1) is 5.92 Å². The van der Waals surface area contributed by atoms with Crippen molar-refractivity contribution in [2.75, 3.05) is 13.2 Å². The van der Waals surface area contributed by atoms with Crippen LogP contribution in [0.1, 0.15) is 46.0 Å². The van der Waals surface area contributed by atoms with E-state index in [1.54, 1.807) is 0 Å². The minimum Gasteiger partial charge on any atom is -0.392 e. The summed E-state index contributed by atoms with van der Waals surface area (Å²) in [5.41, 5.74) is 1.41. The molecule has 1 aliphatic rings.